The van der Waals surface area contributed by atoms with Crippen molar-refractivity contribution in [1.29, 1.82) is 0 Å². The van der Waals surface area contributed by atoms with Crippen LogP contribution in [0.15, 0.2) is 72.2 Å². The van der Waals surface area contributed by atoms with Gasteiger partial charge in [-0.15, -0.1) is 0 Å². The lowest BCUT2D eigenvalue weighted by molar-refractivity contribution is 0.776. The smallest absolute Gasteiger partial charge is 0.116 e. The maximum absolute atomic E-state index is 5.75. The van der Waals surface area contributed by atoms with Crippen LogP contribution in [-0.2, 0) is 7.05 Å². The predicted octanol–water partition coefficient (Wildman–Crippen LogP) is 3.70. The average molecular weight is 368 g/mol. The molecule has 2 heterocycles. The molecule has 0 saturated carbocycles. The normalized spacial score (nSPS) is 12.1. The summed E-state index contributed by atoms with van der Waals surface area (Å²) in [5.41, 5.74) is 12.3. The topological polar surface area (TPSA) is 82.0 Å². The Morgan fingerprint density at radius 2 is 1.93 bits per heavy atom. The van der Waals surface area contributed by atoms with E-state index in [1.165, 1.54) is 0 Å². The van der Waals surface area contributed by atoms with Crippen LogP contribution in [0.5, 0.6) is 0 Å². The molecule has 0 aliphatic carbocycles. The molecule has 0 aliphatic rings. The van der Waals surface area contributed by atoms with Crippen LogP contribution in [-0.4, -0.2) is 33.0 Å². The van der Waals surface area contributed by atoms with Gasteiger partial charge in [-0.3, -0.25) is 9.67 Å². The summed E-state index contributed by atoms with van der Waals surface area (Å²) in [6, 6.07) is 16.2. The number of nitrogens with zero attached hydrogens (tertiary/aromatic N) is 5. The van der Waals surface area contributed by atoms with Gasteiger partial charge in [-0.2, -0.15) is 5.10 Å². The Morgan fingerprint density at radius 3 is 2.68 bits per heavy atom. The molecule has 138 valence electrons. The molecular weight excluding hydrogens is 348 g/mol. The van der Waals surface area contributed by atoms with Crippen molar-refractivity contribution < 1.29 is 0 Å². The molecule has 0 spiro atoms. The molecule has 4 rings (SSSR count). The number of allylic oxidation sites excluding steroid dienone is 1. The van der Waals surface area contributed by atoms with Gasteiger partial charge in [-0.25, -0.2) is 9.97 Å². The largest absolute Gasteiger partial charge is 0.404 e. The lowest BCUT2D eigenvalue weighted by atomic mass is 10.00. The fraction of sp³-hybridized carbons (Fsp3) is 0.0909. The number of aliphatic imine (C=N–C) groups is 1. The molecule has 6 heteroatoms. The quantitative estimate of drug-likeness (QED) is 0.557. The maximum Gasteiger partial charge on any atom is 0.116 e. The first kappa shape index (κ1) is 17.6. The molecule has 0 saturated heterocycles. The van der Waals surface area contributed by atoms with Crippen molar-refractivity contribution in [2.24, 2.45) is 17.8 Å². The van der Waals surface area contributed by atoms with Gasteiger partial charge >= 0.3 is 0 Å². The van der Waals surface area contributed by atoms with Crippen molar-refractivity contribution in [2.45, 2.75) is 0 Å². The van der Waals surface area contributed by atoms with E-state index in [0.29, 0.717) is 0 Å². The van der Waals surface area contributed by atoms with Gasteiger partial charge < -0.3 is 5.73 Å². The van der Waals surface area contributed by atoms with Crippen molar-refractivity contribution in [1.82, 2.24) is 19.7 Å². The summed E-state index contributed by atoms with van der Waals surface area (Å²) in [7, 11) is 3.66. The number of hydrogen-bond acceptors (Lipinski definition) is 5. The van der Waals surface area contributed by atoms with Gasteiger partial charge in [0.05, 0.1) is 23.1 Å². The summed E-state index contributed by atoms with van der Waals surface area (Å²) in [5, 5.41) is 5.43. The van der Waals surface area contributed by atoms with Crippen LogP contribution in [0.2, 0.25) is 0 Å². The molecule has 28 heavy (non-hydrogen) atoms. The van der Waals surface area contributed by atoms with Crippen LogP contribution >= 0.6 is 0 Å². The van der Waals surface area contributed by atoms with Crippen LogP contribution in [0.25, 0.3) is 39.0 Å². The van der Waals surface area contributed by atoms with Gasteiger partial charge in [-0.05, 0) is 17.7 Å². The number of aromatic nitrogens is 4. The Kier molecular flexibility index (Phi) is 4.68. The predicted molar refractivity (Wildman–Crippen MR) is 114 cm³/mol. The molecule has 0 atom stereocenters. The minimum atomic E-state index is 0.842. The van der Waals surface area contributed by atoms with E-state index in [-0.39, 0.29) is 0 Å². The number of nitrogens with two attached hydrogens (primary N) is 1. The van der Waals surface area contributed by atoms with Crippen molar-refractivity contribution >= 4 is 22.7 Å². The lowest BCUT2D eigenvalue weighted by Crippen LogP contribution is -1.96. The summed E-state index contributed by atoms with van der Waals surface area (Å²) < 4.78 is 1.87. The Morgan fingerprint density at radius 1 is 1.11 bits per heavy atom. The second-order valence-electron chi connectivity index (χ2n) is 6.36. The van der Waals surface area contributed by atoms with Crippen molar-refractivity contribution in [3.05, 3.63) is 72.8 Å². The number of rotatable bonds is 4. The summed E-state index contributed by atoms with van der Waals surface area (Å²) in [6.07, 6.45) is 6.72. The van der Waals surface area contributed by atoms with Gasteiger partial charge in [0, 0.05) is 48.6 Å². The highest BCUT2D eigenvalue weighted by Crippen LogP contribution is 2.34. The van der Waals surface area contributed by atoms with Crippen molar-refractivity contribution in [3.63, 3.8) is 0 Å². The molecule has 6 nitrogen and oxygen atoms in total. The number of fused-ring (bicyclic) bond motifs is 1. The monoisotopic (exact) mass is 368 g/mol. The molecule has 2 N–H and O–H groups in total. The third-order valence-electron chi connectivity index (χ3n) is 4.66. The zero-order chi connectivity index (χ0) is 19.5. The second-order valence-corrected chi connectivity index (χ2v) is 6.36. The van der Waals surface area contributed by atoms with Crippen molar-refractivity contribution in [2.75, 3.05) is 7.05 Å². The fourth-order valence-corrected chi connectivity index (χ4v) is 3.35. The third kappa shape index (κ3) is 3.05. The van der Waals surface area contributed by atoms with E-state index >= 15 is 0 Å². The van der Waals surface area contributed by atoms with Gasteiger partial charge in [0.25, 0.3) is 0 Å². The molecule has 0 unspecified atom stereocenters. The van der Waals surface area contributed by atoms with Crippen LogP contribution < -0.4 is 5.73 Å². The van der Waals surface area contributed by atoms with Gasteiger partial charge in [0.1, 0.15) is 6.33 Å². The SMILES string of the molecule is CN=C/C(=C\N)c1ccc2c(-c3cnn(C)c3-c3ccccc3)ncnc2c1. The van der Waals surface area contributed by atoms with Crippen LogP contribution in [0.1, 0.15) is 5.56 Å². The van der Waals surface area contributed by atoms with E-state index in [9.17, 15) is 0 Å². The Bertz CT molecular complexity index is 1190. The first-order chi connectivity index (χ1) is 13.7. The van der Waals surface area contributed by atoms with E-state index in [0.717, 1.165) is 44.6 Å². The standard InChI is InChI=1S/C22H20N6/c1-24-12-17(11-23)16-8-9-18-20(10-16)25-14-26-21(18)19-13-27-28(2)22(19)15-6-4-3-5-7-15/h3-14H,23H2,1-2H3/b17-11+,24-12?. The average Bonchev–Trinajstić information content (AvgIpc) is 3.13. The van der Waals surface area contributed by atoms with E-state index < -0.39 is 0 Å². The number of benzene rings is 2. The first-order valence-electron chi connectivity index (χ1n) is 8.90. The highest BCUT2D eigenvalue weighted by Gasteiger charge is 2.16. The molecule has 0 aliphatic heterocycles. The van der Waals surface area contributed by atoms with Gasteiger partial charge in [-0.1, -0.05) is 36.4 Å². The molecule has 0 bridgehead atoms. The molecule has 2 aromatic carbocycles. The van der Waals surface area contributed by atoms with Gasteiger partial charge in [0.15, 0.2) is 0 Å². The summed E-state index contributed by atoms with van der Waals surface area (Å²) in [5.74, 6) is 0. The van der Waals surface area contributed by atoms with Crippen LogP contribution in [0, 0.1) is 0 Å². The highest BCUT2D eigenvalue weighted by atomic mass is 15.3. The van der Waals surface area contributed by atoms with Crippen molar-refractivity contribution in [3.8, 4) is 22.5 Å². The minimum absolute atomic E-state index is 0.842. The second kappa shape index (κ2) is 7.44. The Balaban J connectivity index is 1.90. The molecular formula is C22H20N6. The number of aryl methyl sites for hydroxylation is 1. The van der Waals surface area contributed by atoms with E-state index in [2.05, 4.69) is 32.2 Å². The summed E-state index contributed by atoms with van der Waals surface area (Å²) in [4.78, 5) is 13.1. The summed E-state index contributed by atoms with van der Waals surface area (Å²) in [6.45, 7) is 0. The Hall–Kier alpha value is -3.80. The molecule has 4 aromatic rings. The van der Waals surface area contributed by atoms with Crippen LogP contribution in [0.3, 0.4) is 0 Å². The third-order valence-corrected chi connectivity index (χ3v) is 4.66. The first-order valence-corrected chi connectivity index (χ1v) is 8.90. The van der Waals surface area contributed by atoms with Gasteiger partial charge in [0.2, 0.25) is 0 Å². The highest BCUT2D eigenvalue weighted by molar-refractivity contribution is 6.11. The molecule has 0 radical (unpaired) electrons. The zero-order valence-corrected chi connectivity index (χ0v) is 15.7. The van der Waals surface area contributed by atoms with Crippen LogP contribution in [0.4, 0.5) is 0 Å². The summed E-state index contributed by atoms with van der Waals surface area (Å²) >= 11 is 0. The fourth-order valence-electron chi connectivity index (χ4n) is 3.35. The lowest BCUT2D eigenvalue weighted by Gasteiger charge is -2.09. The molecule has 0 fully saturated rings. The molecule has 0 amide bonds. The van der Waals surface area contributed by atoms with E-state index in [4.69, 9.17) is 5.73 Å². The zero-order valence-electron chi connectivity index (χ0n) is 15.7. The van der Waals surface area contributed by atoms with E-state index in [1.54, 1.807) is 25.8 Å². The minimum Gasteiger partial charge on any atom is -0.404 e. The van der Waals surface area contributed by atoms with E-state index in [1.807, 2.05) is 54.3 Å². The maximum atomic E-state index is 5.75. The number of hydrogen-bond donors (Lipinski definition) is 1. The molecule has 2 aromatic heterocycles. The Labute approximate surface area is 163 Å².